The van der Waals surface area contributed by atoms with Crippen LogP contribution in [0.5, 0.6) is 0 Å². The summed E-state index contributed by atoms with van der Waals surface area (Å²) < 4.78 is 37.5. The van der Waals surface area contributed by atoms with Gasteiger partial charge in [-0.05, 0) is 13.0 Å². The molecule has 0 fully saturated rings. The van der Waals surface area contributed by atoms with E-state index in [0.29, 0.717) is 12.2 Å². The number of nitrogens with one attached hydrogen (secondary N) is 1. The number of rotatable bonds is 5. The van der Waals surface area contributed by atoms with Gasteiger partial charge in [0.1, 0.15) is 0 Å². The summed E-state index contributed by atoms with van der Waals surface area (Å²) in [7, 11) is 0. The van der Waals surface area contributed by atoms with Crippen LogP contribution in [0.3, 0.4) is 0 Å². The summed E-state index contributed by atoms with van der Waals surface area (Å²) in [5.74, 6) is 0. The minimum absolute atomic E-state index is 0.129. The highest BCUT2D eigenvalue weighted by Crippen LogP contribution is 2.18. The summed E-state index contributed by atoms with van der Waals surface area (Å²) in [6, 6.07) is 7.57. The average molecular weight is 273 g/mol. The Balaban J connectivity index is 2.05. The largest absolute Gasteiger partial charge is 0.413 e. The first-order valence-electron chi connectivity index (χ1n) is 5.87. The molecule has 0 saturated heterocycles. The van der Waals surface area contributed by atoms with Gasteiger partial charge in [-0.25, -0.2) is 0 Å². The Labute approximate surface area is 108 Å². The number of aryl methyl sites for hydroxylation is 1. The molecule has 2 rings (SSSR count). The van der Waals surface area contributed by atoms with Crippen LogP contribution >= 0.6 is 0 Å². The summed E-state index contributed by atoms with van der Waals surface area (Å²) in [4.78, 5) is 4.37. The van der Waals surface area contributed by atoms with E-state index in [1.807, 2.05) is 31.2 Å². The summed E-state index contributed by atoms with van der Waals surface area (Å²) in [6.07, 6.45) is -4.34. The quantitative estimate of drug-likeness (QED) is 0.672. The number of halogens is 3. The molecule has 104 valence electrons. The van der Waals surface area contributed by atoms with Crippen LogP contribution < -0.4 is 5.48 Å². The minimum atomic E-state index is -4.34. The van der Waals surface area contributed by atoms with Gasteiger partial charge >= 0.3 is 6.18 Å². The second-order valence-corrected chi connectivity index (χ2v) is 4.00. The van der Waals surface area contributed by atoms with E-state index < -0.39 is 12.8 Å². The molecule has 0 aliphatic heterocycles. The van der Waals surface area contributed by atoms with Gasteiger partial charge in [0.25, 0.3) is 0 Å². The van der Waals surface area contributed by atoms with Gasteiger partial charge in [0, 0.05) is 11.9 Å². The molecule has 7 heteroatoms. The van der Waals surface area contributed by atoms with Crippen molar-refractivity contribution in [2.45, 2.75) is 26.2 Å². The smallest absolute Gasteiger partial charge is 0.292 e. The Bertz CT molecular complexity index is 551. The topological polar surface area (TPSA) is 39.1 Å². The molecule has 0 aliphatic carbocycles. The first-order valence-corrected chi connectivity index (χ1v) is 5.87. The summed E-state index contributed by atoms with van der Waals surface area (Å²) in [6.45, 7) is 1.46. The number of hydrogen-bond acceptors (Lipinski definition) is 3. The molecule has 0 bridgehead atoms. The summed E-state index contributed by atoms with van der Waals surface area (Å²) >= 11 is 0. The average Bonchev–Trinajstić information content (AvgIpc) is 2.72. The maximum atomic E-state index is 11.9. The van der Waals surface area contributed by atoms with Gasteiger partial charge in [0.2, 0.25) is 0 Å². The van der Waals surface area contributed by atoms with Gasteiger partial charge in [-0.2, -0.15) is 23.8 Å². The molecule has 1 N–H and O–H groups in total. The SMILES string of the molecule is CCn1nc(CNOCC(F)(F)F)c2ccccc21. The number of hydroxylamine groups is 1. The molecule has 0 amide bonds. The molecule has 0 aliphatic rings. The lowest BCUT2D eigenvalue weighted by Crippen LogP contribution is -2.24. The number of benzene rings is 1. The Morgan fingerprint density at radius 3 is 2.74 bits per heavy atom. The van der Waals surface area contributed by atoms with E-state index in [1.165, 1.54) is 0 Å². The monoisotopic (exact) mass is 273 g/mol. The Morgan fingerprint density at radius 1 is 1.32 bits per heavy atom. The molecular weight excluding hydrogens is 259 g/mol. The number of para-hydroxylation sites is 1. The maximum absolute atomic E-state index is 11.9. The third-order valence-corrected chi connectivity index (χ3v) is 2.61. The number of fused-ring (bicyclic) bond motifs is 1. The Hall–Kier alpha value is -1.60. The first-order chi connectivity index (χ1) is 9.01. The van der Waals surface area contributed by atoms with Crippen LogP contribution in [0.2, 0.25) is 0 Å². The lowest BCUT2D eigenvalue weighted by Gasteiger charge is -2.07. The summed E-state index contributed by atoms with van der Waals surface area (Å²) in [5, 5.41) is 5.24. The van der Waals surface area contributed by atoms with Crippen molar-refractivity contribution in [3.63, 3.8) is 0 Å². The normalized spacial score (nSPS) is 12.2. The van der Waals surface area contributed by atoms with Gasteiger partial charge in [-0.1, -0.05) is 18.2 Å². The molecule has 1 heterocycles. The van der Waals surface area contributed by atoms with E-state index in [9.17, 15) is 13.2 Å². The van der Waals surface area contributed by atoms with Crippen LogP contribution in [0.4, 0.5) is 13.2 Å². The molecule has 0 spiro atoms. The van der Waals surface area contributed by atoms with Crippen LogP contribution in [0.1, 0.15) is 12.6 Å². The molecule has 0 radical (unpaired) electrons. The summed E-state index contributed by atoms with van der Waals surface area (Å²) in [5.41, 5.74) is 3.91. The van der Waals surface area contributed by atoms with Crippen molar-refractivity contribution in [1.29, 1.82) is 0 Å². The third kappa shape index (κ3) is 3.45. The van der Waals surface area contributed by atoms with Crippen LogP contribution in [0.15, 0.2) is 24.3 Å². The van der Waals surface area contributed by atoms with Crippen molar-refractivity contribution >= 4 is 10.9 Å². The van der Waals surface area contributed by atoms with E-state index in [2.05, 4.69) is 15.4 Å². The Kier molecular flexibility index (Phi) is 4.06. The standard InChI is InChI=1S/C12H14F3N3O/c1-2-18-11-6-4-3-5-9(11)10(17-18)7-16-19-8-12(13,14)15/h3-6,16H,2,7-8H2,1H3. The highest BCUT2D eigenvalue weighted by Gasteiger charge is 2.27. The number of alkyl halides is 3. The number of hydrogen-bond donors (Lipinski definition) is 1. The molecule has 19 heavy (non-hydrogen) atoms. The maximum Gasteiger partial charge on any atom is 0.413 e. The van der Waals surface area contributed by atoms with Gasteiger partial charge < -0.3 is 0 Å². The second-order valence-electron chi connectivity index (χ2n) is 4.00. The molecule has 4 nitrogen and oxygen atoms in total. The molecule has 0 saturated carbocycles. The fourth-order valence-corrected chi connectivity index (χ4v) is 1.82. The van der Waals surface area contributed by atoms with E-state index in [4.69, 9.17) is 0 Å². The number of aromatic nitrogens is 2. The Morgan fingerprint density at radius 2 is 2.05 bits per heavy atom. The van der Waals surface area contributed by atoms with Crippen molar-refractivity contribution in [1.82, 2.24) is 15.3 Å². The van der Waals surface area contributed by atoms with Gasteiger partial charge in [-0.3, -0.25) is 9.52 Å². The van der Waals surface area contributed by atoms with E-state index in [-0.39, 0.29) is 6.54 Å². The van der Waals surface area contributed by atoms with Crippen molar-refractivity contribution in [2.75, 3.05) is 6.61 Å². The highest BCUT2D eigenvalue weighted by molar-refractivity contribution is 5.81. The van der Waals surface area contributed by atoms with Crippen molar-refractivity contribution in [2.24, 2.45) is 0 Å². The van der Waals surface area contributed by atoms with Crippen LogP contribution in [-0.4, -0.2) is 22.6 Å². The molecule has 0 unspecified atom stereocenters. The van der Waals surface area contributed by atoms with E-state index in [0.717, 1.165) is 10.9 Å². The molecule has 0 atom stereocenters. The lowest BCUT2D eigenvalue weighted by atomic mass is 10.2. The number of nitrogens with zero attached hydrogens (tertiary/aromatic N) is 2. The molecular formula is C12H14F3N3O. The predicted octanol–water partition coefficient (Wildman–Crippen LogP) is 2.64. The van der Waals surface area contributed by atoms with Gasteiger partial charge in [0.15, 0.2) is 6.61 Å². The zero-order valence-corrected chi connectivity index (χ0v) is 10.4. The minimum Gasteiger partial charge on any atom is -0.292 e. The second kappa shape index (κ2) is 5.58. The van der Waals surface area contributed by atoms with Gasteiger partial charge in [-0.15, -0.1) is 0 Å². The van der Waals surface area contributed by atoms with Crippen LogP contribution in [-0.2, 0) is 17.9 Å². The molecule has 1 aromatic carbocycles. The van der Waals surface area contributed by atoms with Crippen LogP contribution in [0, 0.1) is 0 Å². The highest BCUT2D eigenvalue weighted by atomic mass is 19.4. The lowest BCUT2D eigenvalue weighted by molar-refractivity contribution is -0.190. The zero-order valence-electron chi connectivity index (χ0n) is 10.4. The van der Waals surface area contributed by atoms with Crippen molar-refractivity contribution in [3.05, 3.63) is 30.0 Å². The zero-order chi connectivity index (χ0) is 13.9. The molecule has 2 aromatic rings. The van der Waals surface area contributed by atoms with Crippen LogP contribution in [0.25, 0.3) is 10.9 Å². The third-order valence-electron chi connectivity index (χ3n) is 2.61. The fraction of sp³-hybridized carbons (Fsp3) is 0.417. The first kappa shape index (κ1) is 13.8. The molecule has 1 aromatic heterocycles. The predicted molar refractivity (Wildman–Crippen MR) is 64.3 cm³/mol. The van der Waals surface area contributed by atoms with E-state index in [1.54, 1.807) is 4.68 Å². The van der Waals surface area contributed by atoms with E-state index >= 15 is 0 Å². The van der Waals surface area contributed by atoms with Crippen molar-refractivity contribution < 1.29 is 18.0 Å². The fourth-order valence-electron chi connectivity index (χ4n) is 1.82. The van der Waals surface area contributed by atoms with Gasteiger partial charge in [0.05, 0.1) is 17.8 Å². The van der Waals surface area contributed by atoms with Crippen molar-refractivity contribution in [3.8, 4) is 0 Å².